The van der Waals surface area contributed by atoms with Crippen molar-refractivity contribution in [1.29, 1.82) is 0 Å². The number of unbranched alkanes of at least 4 members (excludes halogenated alkanes) is 2. The molecule has 3 saturated carbocycles. The lowest BCUT2D eigenvalue weighted by atomic mass is 9.47. The van der Waals surface area contributed by atoms with E-state index < -0.39 is 0 Å². The average Bonchev–Trinajstić information content (AvgIpc) is 3.31. The first-order valence-electron chi connectivity index (χ1n) is 15.9. The van der Waals surface area contributed by atoms with Crippen LogP contribution in [0.1, 0.15) is 118 Å². The lowest BCUT2D eigenvalue weighted by Gasteiger charge is -2.58. The molecular formula is C33H52O4. The third kappa shape index (κ3) is 4.17. The quantitative estimate of drug-likeness (QED) is 0.214. The Kier molecular flexibility index (Phi) is 6.87. The Morgan fingerprint density at radius 2 is 1.92 bits per heavy atom. The zero-order valence-electron chi connectivity index (χ0n) is 24.2. The van der Waals surface area contributed by atoms with E-state index in [1.165, 1.54) is 38.5 Å². The minimum absolute atomic E-state index is 0.0190. The summed E-state index contributed by atoms with van der Waals surface area (Å²) in [6, 6.07) is 0. The molecule has 0 radical (unpaired) electrons. The van der Waals surface area contributed by atoms with Gasteiger partial charge in [0, 0.05) is 25.2 Å². The highest BCUT2D eigenvalue weighted by Gasteiger charge is 2.68. The number of carbonyl (C=O) groups excluding carboxylic acids is 1. The van der Waals surface area contributed by atoms with Gasteiger partial charge in [0.1, 0.15) is 6.10 Å². The normalized spacial score (nSPS) is 50.6. The number of allylic oxidation sites excluding steroid dienone is 1. The molecule has 2 saturated heterocycles. The second kappa shape index (κ2) is 9.65. The van der Waals surface area contributed by atoms with Crippen LogP contribution in [0.4, 0.5) is 0 Å². The van der Waals surface area contributed by atoms with Crippen molar-refractivity contribution in [3.63, 3.8) is 0 Å². The summed E-state index contributed by atoms with van der Waals surface area (Å²) in [4.78, 5) is 12.4. The molecule has 4 heteroatoms. The zero-order chi connectivity index (χ0) is 26.0. The van der Waals surface area contributed by atoms with Crippen molar-refractivity contribution in [3.05, 3.63) is 11.6 Å². The number of rotatable bonds is 5. The van der Waals surface area contributed by atoms with E-state index in [1.54, 1.807) is 5.57 Å². The SMILES string of the molecule is CCCCCC(=O)O[C@@H]1CC[C@@]2(C)C(=CC[C@H]3[C@H]4C[C@H]5O[C@]6(CC[C@H](C)CO6)[C@@H](C)[C@@H]5[C@@]4(C)CC[C@H]32)C1. The van der Waals surface area contributed by atoms with E-state index in [9.17, 15) is 4.79 Å². The van der Waals surface area contributed by atoms with E-state index >= 15 is 0 Å². The van der Waals surface area contributed by atoms with Gasteiger partial charge in [-0.2, -0.15) is 0 Å². The maximum Gasteiger partial charge on any atom is 0.306 e. The second-order valence-corrected chi connectivity index (χ2v) is 14.6. The molecule has 4 aliphatic carbocycles. The Hall–Kier alpha value is -0.870. The van der Waals surface area contributed by atoms with Crippen molar-refractivity contribution in [2.45, 2.75) is 136 Å². The molecular weight excluding hydrogens is 460 g/mol. The van der Waals surface area contributed by atoms with Crippen LogP contribution >= 0.6 is 0 Å². The van der Waals surface area contributed by atoms with Gasteiger partial charge in [-0.1, -0.05) is 59.1 Å². The molecule has 2 aliphatic heterocycles. The molecule has 0 unspecified atom stereocenters. The summed E-state index contributed by atoms with van der Waals surface area (Å²) in [5.74, 6) is 3.77. The summed E-state index contributed by atoms with van der Waals surface area (Å²) in [6.07, 6.45) is 17.4. The lowest BCUT2D eigenvalue weighted by Crippen LogP contribution is -2.52. The molecule has 11 atom stereocenters. The molecule has 6 rings (SSSR count). The summed E-state index contributed by atoms with van der Waals surface area (Å²) >= 11 is 0. The third-order valence-corrected chi connectivity index (χ3v) is 12.6. The van der Waals surface area contributed by atoms with E-state index in [4.69, 9.17) is 14.2 Å². The molecule has 0 amide bonds. The summed E-state index contributed by atoms with van der Waals surface area (Å²) < 4.78 is 19.4. The lowest BCUT2D eigenvalue weighted by molar-refractivity contribution is -0.272. The monoisotopic (exact) mass is 512 g/mol. The van der Waals surface area contributed by atoms with Crippen molar-refractivity contribution in [3.8, 4) is 0 Å². The molecule has 0 N–H and O–H groups in total. The predicted octanol–water partition coefficient (Wildman–Crippen LogP) is 7.85. The van der Waals surface area contributed by atoms with Crippen LogP contribution in [0.5, 0.6) is 0 Å². The summed E-state index contributed by atoms with van der Waals surface area (Å²) in [6.45, 7) is 13.0. The first-order valence-corrected chi connectivity index (χ1v) is 15.9. The molecule has 0 aromatic rings. The molecule has 4 nitrogen and oxygen atoms in total. The van der Waals surface area contributed by atoms with Gasteiger partial charge in [0.15, 0.2) is 5.79 Å². The van der Waals surface area contributed by atoms with Gasteiger partial charge >= 0.3 is 5.97 Å². The molecule has 5 fully saturated rings. The zero-order valence-corrected chi connectivity index (χ0v) is 24.2. The van der Waals surface area contributed by atoms with Crippen molar-refractivity contribution in [2.24, 2.45) is 46.3 Å². The van der Waals surface area contributed by atoms with Crippen LogP contribution in [0.15, 0.2) is 11.6 Å². The topological polar surface area (TPSA) is 44.8 Å². The molecule has 0 bridgehead atoms. The van der Waals surface area contributed by atoms with Crippen molar-refractivity contribution < 1.29 is 19.0 Å². The van der Waals surface area contributed by atoms with Crippen LogP contribution in [0.2, 0.25) is 0 Å². The predicted molar refractivity (Wildman–Crippen MR) is 146 cm³/mol. The average molecular weight is 513 g/mol. The molecule has 37 heavy (non-hydrogen) atoms. The van der Waals surface area contributed by atoms with Gasteiger partial charge < -0.3 is 14.2 Å². The second-order valence-electron chi connectivity index (χ2n) is 14.6. The van der Waals surface area contributed by atoms with Crippen LogP contribution in [0, 0.1) is 46.3 Å². The Bertz CT molecular complexity index is 902. The highest BCUT2D eigenvalue weighted by atomic mass is 16.7. The van der Waals surface area contributed by atoms with Gasteiger partial charge in [0.05, 0.1) is 12.7 Å². The van der Waals surface area contributed by atoms with E-state index in [0.29, 0.717) is 35.7 Å². The highest BCUT2D eigenvalue weighted by molar-refractivity contribution is 5.69. The largest absolute Gasteiger partial charge is 0.462 e. The van der Waals surface area contributed by atoms with Gasteiger partial charge in [-0.25, -0.2) is 0 Å². The highest BCUT2D eigenvalue weighted by Crippen LogP contribution is 2.70. The minimum atomic E-state index is -0.315. The Labute approximate surface area is 225 Å². The Morgan fingerprint density at radius 3 is 2.68 bits per heavy atom. The van der Waals surface area contributed by atoms with Gasteiger partial charge in [-0.3, -0.25) is 4.79 Å². The number of hydrogen-bond donors (Lipinski definition) is 0. The first-order chi connectivity index (χ1) is 17.7. The molecule has 6 aliphatic rings. The first kappa shape index (κ1) is 26.4. The summed E-state index contributed by atoms with van der Waals surface area (Å²) in [5, 5.41) is 0. The van der Waals surface area contributed by atoms with E-state index in [-0.39, 0.29) is 23.3 Å². The molecule has 0 aromatic heterocycles. The minimum Gasteiger partial charge on any atom is -0.462 e. The van der Waals surface area contributed by atoms with E-state index in [1.807, 2.05) is 0 Å². The van der Waals surface area contributed by atoms with E-state index in [0.717, 1.165) is 62.9 Å². The van der Waals surface area contributed by atoms with Gasteiger partial charge in [-0.15, -0.1) is 0 Å². The van der Waals surface area contributed by atoms with Crippen LogP contribution in [0.3, 0.4) is 0 Å². The number of hydrogen-bond acceptors (Lipinski definition) is 4. The van der Waals surface area contributed by atoms with E-state index in [2.05, 4.69) is 40.7 Å². The van der Waals surface area contributed by atoms with Crippen molar-refractivity contribution >= 4 is 5.97 Å². The fourth-order valence-corrected chi connectivity index (χ4v) is 10.5. The van der Waals surface area contributed by atoms with Crippen LogP contribution in [-0.4, -0.2) is 30.6 Å². The van der Waals surface area contributed by atoms with Crippen LogP contribution in [0.25, 0.3) is 0 Å². The Balaban J connectivity index is 1.15. The van der Waals surface area contributed by atoms with Crippen LogP contribution in [-0.2, 0) is 19.0 Å². The maximum atomic E-state index is 12.4. The molecule has 0 aromatic carbocycles. The maximum absolute atomic E-state index is 12.4. The molecule has 2 heterocycles. The van der Waals surface area contributed by atoms with Crippen LogP contribution < -0.4 is 0 Å². The van der Waals surface area contributed by atoms with Gasteiger partial charge in [0.25, 0.3) is 0 Å². The summed E-state index contributed by atoms with van der Waals surface area (Å²) in [7, 11) is 0. The van der Waals surface area contributed by atoms with Gasteiger partial charge in [0.2, 0.25) is 0 Å². The summed E-state index contributed by atoms with van der Waals surface area (Å²) in [5.41, 5.74) is 2.25. The molecule has 1 spiro atoms. The number of esters is 1. The van der Waals surface area contributed by atoms with Crippen molar-refractivity contribution in [2.75, 3.05) is 6.61 Å². The fourth-order valence-electron chi connectivity index (χ4n) is 10.5. The fraction of sp³-hybridized carbons (Fsp3) is 0.909. The van der Waals surface area contributed by atoms with Crippen molar-refractivity contribution in [1.82, 2.24) is 0 Å². The smallest absolute Gasteiger partial charge is 0.306 e. The standard InChI is InChI=1S/C33H52O4/c1-6-7-8-9-29(34)36-24-13-15-31(4)23(18-24)10-11-25-26(31)14-16-32(5)27(25)19-28-30(32)22(3)33(37-28)17-12-21(2)20-35-33/h10,21-22,24-28,30H,6-9,11-20H2,1-5H3/t21-,22-,24+,25+,26+,27+,28+,30-,31-,32-,33+/m0/s1. The Morgan fingerprint density at radius 1 is 1.08 bits per heavy atom. The number of fused-ring (bicyclic) bond motifs is 7. The van der Waals surface area contributed by atoms with Gasteiger partial charge in [-0.05, 0) is 91.8 Å². The molecule has 208 valence electrons. The third-order valence-electron chi connectivity index (χ3n) is 12.6. The number of ether oxygens (including phenoxy) is 3. The number of carbonyl (C=O) groups is 1.